The maximum Gasteiger partial charge on any atom is 0.251 e. The first-order valence-electron chi connectivity index (χ1n) is 6.33. The zero-order chi connectivity index (χ0) is 13.2. The lowest BCUT2D eigenvalue weighted by atomic mass is 10.1. The molecule has 1 N–H and O–H groups in total. The molecule has 6 nitrogen and oxygen atoms in total. The molecule has 2 rings (SSSR count). The molecule has 2 heterocycles. The third-order valence-electron chi connectivity index (χ3n) is 3.32. The Bertz CT molecular complexity index is 403. The van der Waals surface area contributed by atoms with E-state index in [1.54, 1.807) is 4.90 Å². The second-order valence-corrected chi connectivity index (χ2v) is 6.80. The molecular formula is C11H20N2O4S. The maximum absolute atomic E-state index is 12.1. The average Bonchev–Trinajstić information content (AvgIpc) is 2.79. The minimum atomic E-state index is -3.21. The normalized spacial score (nSPS) is 29.5. The molecule has 0 aromatic carbocycles. The summed E-state index contributed by atoms with van der Waals surface area (Å²) >= 11 is 0. The standard InChI is InChI=1S/C11H20N2O4S/c1-18(15,16)12-9-4-2-6-13(8-9)11(14)10-5-3-7-17-10/h9-10,12H,2-8H2,1H3/t9-,10-/m0/s1. The third-order valence-corrected chi connectivity index (χ3v) is 4.08. The van der Waals surface area contributed by atoms with Crippen molar-refractivity contribution in [3.05, 3.63) is 0 Å². The van der Waals surface area contributed by atoms with Gasteiger partial charge in [-0.2, -0.15) is 0 Å². The average molecular weight is 276 g/mol. The van der Waals surface area contributed by atoms with E-state index >= 15 is 0 Å². The highest BCUT2D eigenvalue weighted by Crippen LogP contribution is 2.18. The van der Waals surface area contributed by atoms with E-state index < -0.39 is 10.0 Å². The van der Waals surface area contributed by atoms with Crippen molar-refractivity contribution >= 4 is 15.9 Å². The van der Waals surface area contributed by atoms with Crippen LogP contribution in [0.2, 0.25) is 0 Å². The Morgan fingerprint density at radius 1 is 1.33 bits per heavy atom. The first-order valence-corrected chi connectivity index (χ1v) is 8.22. The predicted molar refractivity (Wildman–Crippen MR) is 66.6 cm³/mol. The SMILES string of the molecule is CS(=O)(=O)N[C@H]1CCCN(C(=O)[C@@H]2CCCO2)C1. The van der Waals surface area contributed by atoms with Crippen LogP contribution in [0.3, 0.4) is 0 Å². The van der Waals surface area contributed by atoms with Gasteiger partial charge in [-0.25, -0.2) is 13.1 Å². The van der Waals surface area contributed by atoms with Gasteiger partial charge in [-0.3, -0.25) is 4.79 Å². The molecule has 104 valence electrons. The zero-order valence-electron chi connectivity index (χ0n) is 10.6. The fourth-order valence-corrected chi connectivity index (χ4v) is 3.35. The van der Waals surface area contributed by atoms with Gasteiger partial charge >= 0.3 is 0 Å². The van der Waals surface area contributed by atoms with Crippen molar-refractivity contribution in [3.63, 3.8) is 0 Å². The quantitative estimate of drug-likeness (QED) is 0.768. The van der Waals surface area contributed by atoms with Crippen LogP contribution in [-0.4, -0.2) is 57.3 Å². The van der Waals surface area contributed by atoms with Crippen LogP contribution in [-0.2, 0) is 19.6 Å². The molecule has 1 amide bonds. The molecule has 2 aliphatic rings. The van der Waals surface area contributed by atoms with Crippen LogP contribution in [0.25, 0.3) is 0 Å². The summed E-state index contributed by atoms with van der Waals surface area (Å²) in [6, 6.07) is -0.167. The van der Waals surface area contributed by atoms with Gasteiger partial charge in [-0.1, -0.05) is 0 Å². The van der Waals surface area contributed by atoms with Crippen molar-refractivity contribution in [2.45, 2.75) is 37.8 Å². The number of likely N-dealkylation sites (tertiary alicyclic amines) is 1. The highest BCUT2D eigenvalue weighted by Gasteiger charge is 2.32. The van der Waals surface area contributed by atoms with Crippen LogP contribution in [0.4, 0.5) is 0 Å². The molecule has 18 heavy (non-hydrogen) atoms. The summed E-state index contributed by atoms with van der Waals surface area (Å²) < 4.78 is 30.3. The molecule has 2 fully saturated rings. The van der Waals surface area contributed by atoms with Gasteiger partial charge in [0.15, 0.2) is 0 Å². The Kier molecular flexibility index (Phi) is 4.24. The van der Waals surface area contributed by atoms with E-state index in [0.29, 0.717) is 19.7 Å². The second-order valence-electron chi connectivity index (χ2n) is 5.02. The van der Waals surface area contributed by atoms with E-state index in [1.165, 1.54) is 0 Å². The first-order chi connectivity index (χ1) is 8.46. The number of ether oxygens (including phenoxy) is 1. The molecule has 2 saturated heterocycles. The van der Waals surface area contributed by atoms with Crippen LogP contribution in [0.1, 0.15) is 25.7 Å². The highest BCUT2D eigenvalue weighted by molar-refractivity contribution is 7.88. The van der Waals surface area contributed by atoms with Crippen molar-refractivity contribution < 1.29 is 17.9 Å². The number of nitrogens with one attached hydrogen (secondary N) is 1. The zero-order valence-corrected chi connectivity index (χ0v) is 11.4. The summed E-state index contributed by atoms with van der Waals surface area (Å²) in [7, 11) is -3.21. The van der Waals surface area contributed by atoms with Crippen LogP contribution < -0.4 is 4.72 Å². The molecule has 0 radical (unpaired) electrons. The number of rotatable bonds is 3. The molecule has 0 unspecified atom stereocenters. The number of amides is 1. The molecule has 0 aliphatic carbocycles. The number of sulfonamides is 1. The summed E-state index contributed by atoms with van der Waals surface area (Å²) in [5, 5.41) is 0. The van der Waals surface area contributed by atoms with Gasteiger partial charge in [0.25, 0.3) is 5.91 Å². The minimum absolute atomic E-state index is 0.00695. The van der Waals surface area contributed by atoms with Crippen LogP contribution in [0.5, 0.6) is 0 Å². The smallest absolute Gasteiger partial charge is 0.251 e. The van der Waals surface area contributed by atoms with Crippen LogP contribution >= 0.6 is 0 Å². The molecule has 0 aromatic rings. The van der Waals surface area contributed by atoms with Crippen molar-refractivity contribution in [2.75, 3.05) is 26.0 Å². The van der Waals surface area contributed by atoms with Crippen molar-refractivity contribution in [2.24, 2.45) is 0 Å². The van der Waals surface area contributed by atoms with Gasteiger partial charge in [-0.05, 0) is 25.7 Å². The van der Waals surface area contributed by atoms with Crippen molar-refractivity contribution in [1.82, 2.24) is 9.62 Å². The molecule has 2 aliphatic heterocycles. The van der Waals surface area contributed by atoms with E-state index in [2.05, 4.69) is 4.72 Å². The molecule has 0 spiro atoms. The minimum Gasteiger partial charge on any atom is -0.368 e. The summed E-state index contributed by atoms with van der Waals surface area (Å²) in [5.41, 5.74) is 0. The fourth-order valence-electron chi connectivity index (χ4n) is 2.55. The molecule has 7 heteroatoms. The number of hydrogen-bond acceptors (Lipinski definition) is 4. The molecule has 0 saturated carbocycles. The summed E-state index contributed by atoms with van der Waals surface area (Å²) in [6.07, 6.45) is 4.14. The lowest BCUT2D eigenvalue weighted by Crippen LogP contribution is -2.51. The van der Waals surface area contributed by atoms with Gasteiger partial charge in [0.1, 0.15) is 6.10 Å². The van der Waals surface area contributed by atoms with Gasteiger partial charge in [0.2, 0.25) is 10.0 Å². The van der Waals surface area contributed by atoms with Gasteiger partial charge < -0.3 is 9.64 Å². The third kappa shape index (κ3) is 3.66. The maximum atomic E-state index is 12.1. The monoisotopic (exact) mass is 276 g/mol. The van der Waals surface area contributed by atoms with Gasteiger partial charge in [-0.15, -0.1) is 0 Å². The summed E-state index contributed by atoms with van der Waals surface area (Å²) in [5.74, 6) is 0.00695. The molecule has 0 bridgehead atoms. The Hall–Kier alpha value is -0.660. The van der Waals surface area contributed by atoms with E-state index in [1.807, 2.05) is 0 Å². The highest BCUT2D eigenvalue weighted by atomic mass is 32.2. The van der Waals surface area contributed by atoms with E-state index in [9.17, 15) is 13.2 Å². The largest absolute Gasteiger partial charge is 0.368 e. The number of piperidine rings is 1. The number of carbonyl (C=O) groups excluding carboxylic acids is 1. The Morgan fingerprint density at radius 3 is 2.72 bits per heavy atom. The Morgan fingerprint density at radius 2 is 2.11 bits per heavy atom. The predicted octanol–water partition coefficient (Wildman–Crippen LogP) is -0.294. The van der Waals surface area contributed by atoms with Gasteiger partial charge in [0, 0.05) is 25.7 Å². The number of carbonyl (C=O) groups is 1. The number of nitrogens with zero attached hydrogens (tertiary/aromatic N) is 1. The van der Waals surface area contributed by atoms with E-state index in [0.717, 1.165) is 31.9 Å². The molecule has 0 aromatic heterocycles. The van der Waals surface area contributed by atoms with Crippen molar-refractivity contribution in [1.29, 1.82) is 0 Å². The Labute approximate surface area is 108 Å². The summed E-state index contributed by atoms with van der Waals surface area (Å²) in [4.78, 5) is 13.9. The van der Waals surface area contributed by atoms with Crippen LogP contribution in [0.15, 0.2) is 0 Å². The fraction of sp³-hybridized carbons (Fsp3) is 0.909. The second kappa shape index (κ2) is 5.54. The Balaban J connectivity index is 1.91. The van der Waals surface area contributed by atoms with E-state index in [4.69, 9.17) is 4.74 Å². The topological polar surface area (TPSA) is 75.7 Å². The lowest BCUT2D eigenvalue weighted by molar-refractivity contribution is -0.142. The van der Waals surface area contributed by atoms with Crippen LogP contribution in [0, 0.1) is 0 Å². The molecule has 2 atom stereocenters. The molecular weight excluding hydrogens is 256 g/mol. The summed E-state index contributed by atoms with van der Waals surface area (Å²) in [6.45, 7) is 1.79. The lowest BCUT2D eigenvalue weighted by Gasteiger charge is -2.34. The van der Waals surface area contributed by atoms with Crippen molar-refractivity contribution in [3.8, 4) is 0 Å². The first kappa shape index (κ1) is 13.8. The van der Waals surface area contributed by atoms with E-state index in [-0.39, 0.29) is 18.1 Å². The van der Waals surface area contributed by atoms with Gasteiger partial charge in [0.05, 0.1) is 6.26 Å². The number of hydrogen-bond donors (Lipinski definition) is 1.